The van der Waals surface area contributed by atoms with Crippen LogP contribution in [0.25, 0.3) is 0 Å². The summed E-state index contributed by atoms with van der Waals surface area (Å²) >= 11 is 1.99. The molecule has 0 saturated carbocycles. The van der Waals surface area contributed by atoms with Crippen LogP contribution < -0.4 is 15.5 Å². The molecular formula is C13H22N6OS. The van der Waals surface area contributed by atoms with Crippen LogP contribution in [0.3, 0.4) is 0 Å². The van der Waals surface area contributed by atoms with E-state index < -0.39 is 0 Å². The second-order valence-electron chi connectivity index (χ2n) is 5.19. The SMILES string of the molecule is CNc1nc(NC2CCCSC2)nc(N2CCOCC2)n1. The largest absolute Gasteiger partial charge is 0.378 e. The highest BCUT2D eigenvalue weighted by molar-refractivity contribution is 7.99. The first kappa shape index (κ1) is 14.6. The maximum atomic E-state index is 5.38. The molecule has 2 saturated heterocycles. The lowest BCUT2D eigenvalue weighted by Gasteiger charge is -2.28. The number of nitrogens with one attached hydrogen (secondary N) is 2. The summed E-state index contributed by atoms with van der Waals surface area (Å²) in [5.41, 5.74) is 0. The van der Waals surface area contributed by atoms with E-state index >= 15 is 0 Å². The van der Waals surface area contributed by atoms with E-state index in [1.807, 2.05) is 18.8 Å². The number of morpholine rings is 1. The molecule has 0 spiro atoms. The molecule has 1 aromatic rings. The van der Waals surface area contributed by atoms with Gasteiger partial charge in [-0.05, 0) is 18.6 Å². The van der Waals surface area contributed by atoms with Crippen molar-refractivity contribution in [1.82, 2.24) is 15.0 Å². The van der Waals surface area contributed by atoms with Gasteiger partial charge in [0.15, 0.2) is 0 Å². The van der Waals surface area contributed by atoms with Gasteiger partial charge in [0.1, 0.15) is 0 Å². The third-order valence-electron chi connectivity index (χ3n) is 3.63. The second kappa shape index (κ2) is 7.13. The number of aromatic nitrogens is 3. The summed E-state index contributed by atoms with van der Waals surface area (Å²) in [5, 5.41) is 6.47. The Kier molecular flexibility index (Phi) is 4.97. The predicted molar refractivity (Wildman–Crippen MR) is 86.4 cm³/mol. The van der Waals surface area contributed by atoms with E-state index in [-0.39, 0.29) is 0 Å². The molecule has 0 amide bonds. The molecule has 8 heteroatoms. The van der Waals surface area contributed by atoms with Gasteiger partial charge in [-0.3, -0.25) is 0 Å². The molecule has 0 bridgehead atoms. The molecule has 2 aliphatic heterocycles. The zero-order chi connectivity index (χ0) is 14.5. The van der Waals surface area contributed by atoms with Gasteiger partial charge in [0, 0.05) is 31.9 Å². The van der Waals surface area contributed by atoms with Crippen LogP contribution in [0.2, 0.25) is 0 Å². The molecule has 1 atom stereocenters. The van der Waals surface area contributed by atoms with Gasteiger partial charge in [-0.1, -0.05) is 0 Å². The molecule has 1 unspecified atom stereocenters. The first-order valence-corrected chi connectivity index (χ1v) is 8.61. The predicted octanol–water partition coefficient (Wildman–Crippen LogP) is 1.06. The minimum Gasteiger partial charge on any atom is -0.378 e. The maximum absolute atomic E-state index is 5.38. The van der Waals surface area contributed by atoms with Gasteiger partial charge in [-0.25, -0.2) is 0 Å². The fraction of sp³-hybridized carbons (Fsp3) is 0.769. The lowest BCUT2D eigenvalue weighted by molar-refractivity contribution is 0.122. The molecule has 2 N–H and O–H groups in total. The van der Waals surface area contributed by atoms with Crippen LogP contribution >= 0.6 is 11.8 Å². The van der Waals surface area contributed by atoms with Gasteiger partial charge in [0.25, 0.3) is 0 Å². The van der Waals surface area contributed by atoms with E-state index in [1.54, 1.807) is 0 Å². The number of nitrogens with zero attached hydrogens (tertiary/aromatic N) is 4. The average molecular weight is 310 g/mol. The first-order valence-electron chi connectivity index (χ1n) is 7.46. The van der Waals surface area contributed by atoms with Crippen molar-refractivity contribution in [2.45, 2.75) is 18.9 Å². The summed E-state index contributed by atoms with van der Waals surface area (Å²) in [6.45, 7) is 3.10. The molecule has 7 nitrogen and oxygen atoms in total. The van der Waals surface area contributed by atoms with Crippen molar-refractivity contribution in [2.24, 2.45) is 0 Å². The van der Waals surface area contributed by atoms with Crippen LogP contribution in [0.4, 0.5) is 17.8 Å². The lowest BCUT2D eigenvalue weighted by Crippen LogP contribution is -2.38. The number of anilines is 3. The van der Waals surface area contributed by atoms with Gasteiger partial charge in [0.2, 0.25) is 17.8 Å². The van der Waals surface area contributed by atoms with Crippen LogP contribution in [-0.2, 0) is 4.74 Å². The zero-order valence-electron chi connectivity index (χ0n) is 12.3. The highest BCUT2D eigenvalue weighted by atomic mass is 32.2. The Labute approximate surface area is 129 Å². The molecular weight excluding hydrogens is 288 g/mol. The molecule has 0 radical (unpaired) electrons. The quantitative estimate of drug-likeness (QED) is 0.855. The van der Waals surface area contributed by atoms with Crippen molar-refractivity contribution >= 4 is 29.6 Å². The normalized spacial score (nSPS) is 22.9. The molecule has 2 aliphatic rings. The lowest BCUT2D eigenvalue weighted by atomic mass is 10.2. The van der Waals surface area contributed by atoms with Crippen LogP contribution in [0.5, 0.6) is 0 Å². The number of hydrogen-bond donors (Lipinski definition) is 2. The van der Waals surface area contributed by atoms with Crippen molar-refractivity contribution in [2.75, 3.05) is 60.4 Å². The number of ether oxygens (including phenoxy) is 1. The molecule has 0 aliphatic carbocycles. The summed E-state index contributed by atoms with van der Waals surface area (Å²) in [6.07, 6.45) is 2.43. The third kappa shape index (κ3) is 3.88. The van der Waals surface area contributed by atoms with E-state index in [4.69, 9.17) is 4.74 Å². The van der Waals surface area contributed by atoms with Gasteiger partial charge >= 0.3 is 0 Å². The monoisotopic (exact) mass is 310 g/mol. The van der Waals surface area contributed by atoms with E-state index in [9.17, 15) is 0 Å². The summed E-state index contributed by atoms with van der Waals surface area (Å²) in [4.78, 5) is 15.6. The van der Waals surface area contributed by atoms with Crippen LogP contribution in [0, 0.1) is 0 Å². The standard InChI is InChI=1S/C13H22N6OS/c1-14-11-16-12(15-10-3-2-8-21-9-10)18-13(17-11)19-4-6-20-7-5-19/h10H,2-9H2,1H3,(H2,14,15,16,17,18). The van der Waals surface area contributed by atoms with Crippen molar-refractivity contribution in [3.8, 4) is 0 Å². The summed E-state index contributed by atoms with van der Waals surface area (Å²) in [5.74, 6) is 4.38. The fourth-order valence-corrected chi connectivity index (χ4v) is 3.55. The van der Waals surface area contributed by atoms with E-state index in [1.165, 1.54) is 18.6 Å². The first-order chi connectivity index (χ1) is 10.3. The van der Waals surface area contributed by atoms with Gasteiger partial charge in [0.05, 0.1) is 13.2 Å². The third-order valence-corrected chi connectivity index (χ3v) is 4.85. The number of hydrogen-bond acceptors (Lipinski definition) is 8. The van der Waals surface area contributed by atoms with Crippen molar-refractivity contribution in [3.05, 3.63) is 0 Å². The zero-order valence-corrected chi connectivity index (χ0v) is 13.2. The Bertz CT molecular complexity index is 462. The van der Waals surface area contributed by atoms with Crippen LogP contribution in [-0.4, -0.2) is 65.9 Å². The Morgan fingerprint density at radius 2 is 2.00 bits per heavy atom. The molecule has 1 aromatic heterocycles. The summed E-state index contributed by atoms with van der Waals surface area (Å²) in [6, 6.07) is 0.452. The topological polar surface area (TPSA) is 75.2 Å². The van der Waals surface area contributed by atoms with E-state index in [0.717, 1.165) is 38.0 Å². The Hall–Kier alpha value is -1.28. The summed E-state index contributed by atoms with van der Waals surface area (Å²) in [7, 11) is 1.83. The molecule has 116 valence electrons. The van der Waals surface area contributed by atoms with Gasteiger partial charge in [-0.15, -0.1) is 0 Å². The van der Waals surface area contributed by atoms with Crippen LogP contribution in [0.15, 0.2) is 0 Å². The van der Waals surface area contributed by atoms with Gasteiger partial charge < -0.3 is 20.3 Å². The van der Waals surface area contributed by atoms with Crippen LogP contribution in [0.1, 0.15) is 12.8 Å². The second-order valence-corrected chi connectivity index (χ2v) is 6.34. The van der Waals surface area contributed by atoms with E-state index in [2.05, 4.69) is 30.5 Å². The molecule has 3 rings (SSSR count). The highest BCUT2D eigenvalue weighted by Crippen LogP contribution is 2.21. The minimum absolute atomic E-state index is 0.452. The highest BCUT2D eigenvalue weighted by Gasteiger charge is 2.19. The Morgan fingerprint density at radius 1 is 1.19 bits per heavy atom. The van der Waals surface area contributed by atoms with Crippen molar-refractivity contribution < 1.29 is 4.74 Å². The van der Waals surface area contributed by atoms with Crippen molar-refractivity contribution in [1.29, 1.82) is 0 Å². The fourth-order valence-electron chi connectivity index (χ4n) is 2.48. The summed E-state index contributed by atoms with van der Waals surface area (Å²) < 4.78 is 5.38. The molecule has 21 heavy (non-hydrogen) atoms. The average Bonchev–Trinajstić information content (AvgIpc) is 2.56. The minimum atomic E-state index is 0.452. The Morgan fingerprint density at radius 3 is 2.71 bits per heavy atom. The van der Waals surface area contributed by atoms with Crippen molar-refractivity contribution in [3.63, 3.8) is 0 Å². The van der Waals surface area contributed by atoms with E-state index in [0.29, 0.717) is 17.9 Å². The molecule has 3 heterocycles. The Balaban J connectivity index is 1.75. The molecule has 2 fully saturated rings. The number of thioether (sulfide) groups is 1. The van der Waals surface area contributed by atoms with Gasteiger partial charge in [-0.2, -0.15) is 26.7 Å². The smallest absolute Gasteiger partial charge is 0.232 e. The molecule has 0 aromatic carbocycles. The maximum Gasteiger partial charge on any atom is 0.232 e. The number of rotatable bonds is 4.